The van der Waals surface area contributed by atoms with Crippen LogP contribution >= 0.6 is 23.2 Å². The quantitative estimate of drug-likeness (QED) is 0.809. The van der Waals surface area contributed by atoms with Gasteiger partial charge in [0.1, 0.15) is 10.8 Å². The average Bonchev–Trinajstić information content (AvgIpc) is 2.33. The first kappa shape index (κ1) is 14.7. The molecule has 0 saturated carbocycles. The van der Waals surface area contributed by atoms with Crippen molar-refractivity contribution in [1.29, 1.82) is 0 Å². The van der Waals surface area contributed by atoms with Crippen LogP contribution in [0.4, 0.5) is 18.9 Å². The second kappa shape index (κ2) is 5.38. The van der Waals surface area contributed by atoms with Gasteiger partial charge in [-0.3, -0.25) is 0 Å². The molecule has 106 valence electrons. The normalized spacial score (nSPS) is 11.4. The van der Waals surface area contributed by atoms with E-state index in [9.17, 15) is 13.2 Å². The Morgan fingerprint density at radius 1 is 1.10 bits per heavy atom. The number of hydrogen-bond donors (Lipinski definition) is 1. The lowest BCUT2D eigenvalue weighted by Crippen LogP contribution is -2.05. The molecule has 20 heavy (non-hydrogen) atoms. The molecule has 8 heteroatoms. The lowest BCUT2D eigenvalue weighted by Gasteiger charge is -2.11. The predicted molar refractivity (Wildman–Crippen MR) is 70.2 cm³/mol. The first-order chi connectivity index (χ1) is 9.27. The number of nitrogen functional groups attached to an aromatic ring is 1. The molecule has 1 aromatic carbocycles. The van der Waals surface area contributed by atoms with Crippen LogP contribution in [0.2, 0.25) is 10.0 Å². The average molecular weight is 323 g/mol. The van der Waals surface area contributed by atoms with Crippen LogP contribution in [0.15, 0.2) is 30.5 Å². The van der Waals surface area contributed by atoms with Gasteiger partial charge < -0.3 is 10.5 Å². The third kappa shape index (κ3) is 3.26. The Bertz CT molecular complexity index is 647. The molecule has 0 aliphatic heterocycles. The van der Waals surface area contributed by atoms with Crippen molar-refractivity contribution in [1.82, 2.24) is 4.98 Å². The van der Waals surface area contributed by atoms with Gasteiger partial charge in [-0.15, -0.1) is 0 Å². The molecule has 0 amide bonds. The number of aromatic nitrogens is 1. The van der Waals surface area contributed by atoms with Gasteiger partial charge in [-0.25, -0.2) is 4.98 Å². The lowest BCUT2D eigenvalue weighted by molar-refractivity contribution is -0.137. The summed E-state index contributed by atoms with van der Waals surface area (Å²) in [4.78, 5) is 3.54. The molecule has 0 bridgehead atoms. The predicted octanol–water partition coefficient (Wildman–Crippen LogP) is 4.78. The fourth-order valence-electron chi connectivity index (χ4n) is 1.36. The van der Waals surface area contributed by atoms with E-state index in [2.05, 4.69) is 4.98 Å². The minimum Gasteiger partial charge on any atom is -0.436 e. The highest BCUT2D eigenvalue weighted by molar-refractivity contribution is 6.33. The molecule has 1 aromatic heterocycles. The minimum atomic E-state index is -4.52. The van der Waals surface area contributed by atoms with Crippen molar-refractivity contribution in [3.8, 4) is 11.6 Å². The van der Waals surface area contributed by atoms with E-state index in [1.807, 2.05) is 0 Å². The molecule has 2 N–H and O–H groups in total. The summed E-state index contributed by atoms with van der Waals surface area (Å²) in [5.74, 6) is 0.0152. The monoisotopic (exact) mass is 322 g/mol. The van der Waals surface area contributed by atoms with Gasteiger partial charge in [-0.1, -0.05) is 23.2 Å². The van der Waals surface area contributed by atoms with Gasteiger partial charge in [0, 0.05) is 11.9 Å². The number of hydrogen-bond acceptors (Lipinski definition) is 3. The Morgan fingerprint density at radius 2 is 1.80 bits per heavy atom. The van der Waals surface area contributed by atoms with Gasteiger partial charge in [-0.2, -0.15) is 13.2 Å². The molecule has 0 fully saturated rings. The maximum atomic E-state index is 12.5. The molecule has 0 radical (unpaired) electrons. The van der Waals surface area contributed by atoms with Crippen LogP contribution in [0.1, 0.15) is 5.56 Å². The number of pyridine rings is 1. The number of halogens is 5. The van der Waals surface area contributed by atoms with E-state index < -0.39 is 11.7 Å². The third-order valence-corrected chi connectivity index (χ3v) is 2.86. The summed E-state index contributed by atoms with van der Waals surface area (Å²) >= 11 is 11.6. The van der Waals surface area contributed by atoms with Crippen molar-refractivity contribution in [2.75, 3.05) is 5.73 Å². The molecule has 2 aromatic rings. The fourth-order valence-corrected chi connectivity index (χ4v) is 1.79. The number of ether oxygens (including phenoxy) is 1. The molecular formula is C12H7Cl2F3N2O. The largest absolute Gasteiger partial charge is 0.436 e. The molecule has 1 heterocycles. The Balaban J connectivity index is 2.30. The van der Waals surface area contributed by atoms with Crippen LogP contribution < -0.4 is 10.5 Å². The van der Waals surface area contributed by atoms with Gasteiger partial charge in [0.25, 0.3) is 0 Å². The summed E-state index contributed by atoms with van der Waals surface area (Å²) in [5.41, 5.74) is 4.98. The van der Waals surface area contributed by atoms with Crippen LogP contribution in [0.25, 0.3) is 0 Å². The molecule has 0 aliphatic rings. The SMILES string of the molecule is Nc1ccc(Oc2ncc(C(F)(F)F)cc2Cl)c(Cl)c1. The Hall–Kier alpha value is -1.66. The molecule has 3 nitrogen and oxygen atoms in total. The number of rotatable bonds is 2. The minimum absolute atomic E-state index is 0.175. The summed E-state index contributed by atoms with van der Waals surface area (Å²) in [6.07, 6.45) is -3.89. The number of anilines is 1. The van der Waals surface area contributed by atoms with Crippen molar-refractivity contribution in [3.05, 3.63) is 46.1 Å². The highest BCUT2D eigenvalue weighted by atomic mass is 35.5. The number of nitrogens with zero attached hydrogens (tertiary/aromatic N) is 1. The second-order valence-corrected chi connectivity index (χ2v) is 4.62. The number of alkyl halides is 3. The zero-order valence-corrected chi connectivity index (χ0v) is 11.2. The van der Waals surface area contributed by atoms with Crippen LogP contribution in [0.5, 0.6) is 11.6 Å². The lowest BCUT2D eigenvalue weighted by atomic mass is 10.3. The van der Waals surface area contributed by atoms with Crippen LogP contribution in [-0.4, -0.2) is 4.98 Å². The molecule has 0 unspecified atom stereocenters. The molecule has 0 atom stereocenters. The van der Waals surface area contributed by atoms with Gasteiger partial charge in [0.2, 0.25) is 5.88 Å². The summed E-state index contributed by atoms with van der Waals surface area (Å²) in [6, 6.07) is 5.16. The standard InChI is InChI=1S/C12H7Cl2F3N2O/c13-8-4-7(18)1-2-10(8)20-11-9(14)3-6(5-19-11)12(15,16)17/h1-5H,18H2. The summed E-state index contributed by atoms with van der Waals surface area (Å²) in [5, 5.41) is -0.0736. The highest BCUT2D eigenvalue weighted by Crippen LogP contribution is 2.36. The van der Waals surface area contributed by atoms with E-state index in [4.69, 9.17) is 33.7 Å². The molecule has 0 aliphatic carbocycles. The van der Waals surface area contributed by atoms with E-state index in [0.29, 0.717) is 11.9 Å². The van der Waals surface area contributed by atoms with E-state index in [1.165, 1.54) is 18.2 Å². The Labute approximate surface area is 122 Å². The second-order valence-electron chi connectivity index (χ2n) is 3.80. The van der Waals surface area contributed by atoms with Crippen molar-refractivity contribution < 1.29 is 17.9 Å². The van der Waals surface area contributed by atoms with E-state index in [1.54, 1.807) is 0 Å². The van der Waals surface area contributed by atoms with Gasteiger partial charge in [0.05, 0.1) is 10.6 Å². The Morgan fingerprint density at radius 3 is 2.35 bits per heavy atom. The van der Waals surface area contributed by atoms with Gasteiger partial charge in [0.15, 0.2) is 0 Å². The topological polar surface area (TPSA) is 48.1 Å². The first-order valence-corrected chi connectivity index (χ1v) is 5.98. The van der Waals surface area contributed by atoms with E-state index in [-0.39, 0.29) is 21.7 Å². The summed E-state index contributed by atoms with van der Waals surface area (Å²) in [7, 11) is 0. The summed E-state index contributed by atoms with van der Waals surface area (Å²) < 4.78 is 42.6. The maximum Gasteiger partial charge on any atom is 0.417 e. The van der Waals surface area contributed by atoms with Crippen LogP contribution in [0.3, 0.4) is 0 Å². The molecule has 2 rings (SSSR count). The van der Waals surface area contributed by atoms with Crippen LogP contribution in [-0.2, 0) is 6.18 Å². The molecular weight excluding hydrogens is 316 g/mol. The maximum absolute atomic E-state index is 12.5. The summed E-state index contributed by atoms with van der Waals surface area (Å²) in [6.45, 7) is 0. The van der Waals surface area contributed by atoms with Gasteiger partial charge in [-0.05, 0) is 24.3 Å². The molecule has 0 saturated heterocycles. The fraction of sp³-hybridized carbons (Fsp3) is 0.0833. The Kier molecular flexibility index (Phi) is 3.96. The van der Waals surface area contributed by atoms with Crippen molar-refractivity contribution >= 4 is 28.9 Å². The number of benzene rings is 1. The van der Waals surface area contributed by atoms with Crippen molar-refractivity contribution in [2.45, 2.75) is 6.18 Å². The van der Waals surface area contributed by atoms with Crippen LogP contribution in [0, 0.1) is 0 Å². The van der Waals surface area contributed by atoms with E-state index in [0.717, 1.165) is 6.07 Å². The zero-order chi connectivity index (χ0) is 14.9. The number of nitrogens with two attached hydrogens (primary N) is 1. The first-order valence-electron chi connectivity index (χ1n) is 5.23. The van der Waals surface area contributed by atoms with Crippen molar-refractivity contribution in [2.24, 2.45) is 0 Å². The third-order valence-electron chi connectivity index (χ3n) is 2.30. The van der Waals surface area contributed by atoms with Gasteiger partial charge >= 0.3 is 6.18 Å². The van der Waals surface area contributed by atoms with Crippen molar-refractivity contribution in [3.63, 3.8) is 0 Å². The smallest absolute Gasteiger partial charge is 0.417 e. The zero-order valence-electron chi connectivity index (χ0n) is 9.71. The van der Waals surface area contributed by atoms with E-state index >= 15 is 0 Å². The molecule has 0 spiro atoms. The highest BCUT2D eigenvalue weighted by Gasteiger charge is 2.31.